The van der Waals surface area contributed by atoms with Crippen LogP contribution in [0.25, 0.3) is 0 Å². The van der Waals surface area contributed by atoms with Crippen LogP contribution in [0.4, 0.5) is 0 Å². The Kier molecular flexibility index (Phi) is 5.93. The largest absolute Gasteiger partial charge is 0.481 e. The van der Waals surface area contributed by atoms with Crippen molar-refractivity contribution in [2.75, 3.05) is 6.26 Å². The van der Waals surface area contributed by atoms with Gasteiger partial charge in [-0.05, 0) is 44.4 Å². The molecule has 6 nitrogen and oxygen atoms in total. The van der Waals surface area contributed by atoms with Crippen molar-refractivity contribution in [1.82, 2.24) is 5.32 Å². The SMILES string of the molecule is CCc1ccc(C(=O)NC(C)(C)CCC(=O)O)cc1S(C)(=O)=O. The molecule has 23 heavy (non-hydrogen) atoms. The highest BCUT2D eigenvalue weighted by molar-refractivity contribution is 7.90. The average molecular weight is 341 g/mol. The maximum Gasteiger partial charge on any atom is 0.303 e. The Morgan fingerprint density at radius 1 is 1.26 bits per heavy atom. The van der Waals surface area contributed by atoms with Gasteiger partial charge in [-0.25, -0.2) is 8.42 Å². The second-order valence-electron chi connectivity index (χ2n) is 6.18. The van der Waals surface area contributed by atoms with Gasteiger partial charge in [-0.3, -0.25) is 9.59 Å². The second-order valence-corrected chi connectivity index (χ2v) is 8.16. The lowest BCUT2D eigenvalue weighted by Crippen LogP contribution is -2.43. The van der Waals surface area contributed by atoms with Gasteiger partial charge in [-0.2, -0.15) is 0 Å². The molecule has 0 aliphatic heterocycles. The number of hydrogen-bond acceptors (Lipinski definition) is 4. The summed E-state index contributed by atoms with van der Waals surface area (Å²) in [4.78, 5) is 23.1. The molecule has 0 radical (unpaired) electrons. The van der Waals surface area contributed by atoms with Gasteiger partial charge in [0.05, 0.1) is 4.90 Å². The Bertz CT molecular complexity index is 707. The maximum absolute atomic E-state index is 12.3. The summed E-state index contributed by atoms with van der Waals surface area (Å²) >= 11 is 0. The predicted molar refractivity (Wildman–Crippen MR) is 87.3 cm³/mol. The molecule has 0 unspecified atom stereocenters. The van der Waals surface area contributed by atoms with Crippen LogP contribution in [0.1, 0.15) is 49.5 Å². The predicted octanol–water partition coefficient (Wildman–Crippen LogP) is 2.03. The van der Waals surface area contributed by atoms with Crippen LogP contribution in [0.15, 0.2) is 23.1 Å². The lowest BCUT2D eigenvalue weighted by atomic mass is 9.97. The van der Waals surface area contributed by atoms with E-state index >= 15 is 0 Å². The summed E-state index contributed by atoms with van der Waals surface area (Å²) in [6.07, 6.45) is 1.88. The highest BCUT2D eigenvalue weighted by atomic mass is 32.2. The van der Waals surface area contributed by atoms with Crippen LogP contribution >= 0.6 is 0 Å². The van der Waals surface area contributed by atoms with E-state index in [0.29, 0.717) is 12.0 Å². The number of amides is 1. The van der Waals surface area contributed by atoms with E-state index in [2.05, 4.69) is 5.32 Å². The Balaban J connectivity index is 3.03. The van der Waals surface area contributed by atoms with Gasteiger partial charge in [-0.1, -0.05) is 13.0 Å². The number of nitrogens with one attached hydrogen (secondary N) is 1. The molecule has 0 aromatic heterocycles. The molecule has 0 heterocycles. The van der Waals surface area contributed by atoms with Crippen molar-refractivity contribution in [3.63, 3.8) is 0 Å². The number of carbonyl (C=O) groups excluding carboxylic acids is 1. The summed E-state index contributed by atoms with van der Waals surface area (Å²) in [5.74, 6) is -1.35. The first kappa shape index (κ1) is 19.2. The zero-order chi connectivity index (χ0) is 17.8. The first-order valence-electron chi connectivity index (χ1n) is 7.33. The molecule has 0 fully saturated rings. The molecule has 7 heteroatoms. The Morgan fingerprint density at radius 3 is 2.35 bits per heavy atom. The lowest BCUT2D eigenvalue weighted by Gasteiger charge is -2.25. The summed E-state index contributed by atoms with van der Waals surface area (Å²) < 4.78 is 23.7. The minimum Gasteiger partial charge on any atom is -0.481 e. The second kappa shape index (κ2) is 7.12. The molecule has 128 valence electrons. The fourth-order valence-corrected chi connectivity index (χ4v) is 3.22. The van der Waals surface area contributed by atoms with Crippen molar-refractivity contribution in [3.05, 3.63) is 29.3 Å². The Hall–Kier alpha value is -1.89. The molecule has 1 rings (SSSR count). The quantitative estimate of drug-likeness (QED) is 0.790. The van der Waals surface area contributed by atoms with E-state index in [4.69, 9.17) is 5.11 Å². The van der Waals surface area contributed by atoms with Crippen LogP contribution in [0.3, 0.4) is 0 Å². The van der Waals surface area contributed by atoms with Crippen LogP contribution in [0, 0.1) is 0 Å². The number of rotatable bonds is 7. The third kappa shape index (κ3) is 5.67. The smallest absolute Gasteiger partial charge is 0.303 e. The molecule has 0 atom stereocenters. The topological polar surface area (TPSA) is 101 Å². The van der Waals surface area contributed by atoms with Gasteiger partial charge in [-0.15, -0.1) is 0 Å². The van der Waals surface area contributed by atoms with Gasteiger partial charge in [0.2, 0.25) is 0 Å². The van der Waals surface area contributed by atoms with Gasteiger partial charge in [0.1, 0.15) is 0 Å². The van der Waals surface area contributed by atoms with E-state index < -0.39 is 27.3 Å². The molecule has 0 spiro atoms. The standard InChI is InChI=1S/C16H23NO5S/c1-5-11-6-7-12(10-13(11)23(4,21)22)15(20)17-16(2,3)9-8-14(18)19/h6-7,10H,5,8-9H2,1-4H3,(H,17,20)(H,18,19). The number of benzene rings is 1. The average Bonchev–Trinajstić information content (AvgIpc) is 2.43. The summed E-state index contributed by atoms with van der Waals surface area (Å²) in [5.41, 5.74) is 0.199. The maximum atomic E-state index is 12.3. The molecule has 0 bridgehead atoms. The third-order valence-electron chi connectivity index (χ3n) is 3.53. The van der Waals surface area contributed by atoms with E-state index in [9.17, 15) is 18.0 Å². The molecule has 1 aromatic rings. The van der Waals surface area contributed by atoms with Crippen molar-refractivity contribution in [2.45, 2.75) is 50.5 Å². The van der Waals surface area contributed by atoms with E-state index in [-0.39, 0.29) is 23.3 Å². The van der Waals surface area contributed by atoms with Crippen molar-refractivity contribution in [2.24, 2.45) is 0 Å². The van der Waals surface area contributed by atoms with Crippen LogP contribution in [0.5, 0.6) is 0 Å². The van der Waals surface area contributed by atoms with E-state index in [1.54, 1.807) is 26.0 Å². The minimum atomic E-state index is -3.42. The van der Waals surface area contributed by atoms with Gasteiger partial charge >= 0.3 is 5.97 Å². The monoisotopic (exact) mass is 341 g/mol. The van der Waals surface area contributed by atoms with Crippen molar-refractivity contribution in [1.29, 1.82) is 0 Å². The van der Waals surface area contributed by atoms with Crippen molar-refractivity contribution >= 4 is 21.7 Å². The van der Waals surface area contributed by atoms with Crippen LogP contribution in [-0.4, -0.2) is 37.2 Å². The Morgan fingerprint density at radius 2 is 1.87 bits per heavy atom. The van der Waals surface area contributed by atoms with Gasteiger partial charge < -0.3 is 10.4 Å². The first-order chi connectivity index (χ1) is 10.5. The van der Waals surface area contributed by atoms with Crippen molar-refractivity contribution < 1.29 is 23.1 Å². The zero-order valence-electron chi connectivity index (χ0n) is 13.8. The fourth-order valence-electron chi connectivity index (χ4n) is 2.19. The summed E-state index contributed by atoms with van der Waals surface area (Å²) in [5, 5.41) is 11.5. The summed E-state index contributed by atoms with van der Waals surface area (Å²) in [6.45, 7) is 5.30. The van der Waals surface area contributed by atoms with Crippen molar-refractivity contribution in [3.8, 4) is 0 Å². The van der Waals surface area contributed by atoms with Gasteiger partial charge in [0.15, 0.2) is 9.84 Å². The molecule has 0 saturated heterocycles. The molecule has 0 saturated carbocycles. The highest BCUT2D eigenvalue weighted by Crippen LogP contribution is 2.20. The number of carboxylic acids is 1. The molecular formula is C16H23NO5S. The molecule has 2 N–H and O–H groups in total. The zero-order valence-corrected chi connectivity index (χ0v) is 14.7. The minimum absolute atomic E-state index is 0.0589. The lowest BCUT2D eigenvalue weighted by molar-refractivity contribution is -0.137. The summed E-state index contributed by atoms with van der Waals surface area (Å²) in [6, 6.07) is 4.59. The first-order valence-corrected chi connectivity index (χ1v) is 9.22. The van der Waals surface area contributed by atoms with Gasteiger partial charge in [0.25, 0.3) is 5.91 Å². The van der Waals surface area contributed by atoms with Gasteiger partial charge in [0, 0.05) is 23.8 Å². The molecule has 1 amide bonds. The van der Waals surface area contributed by atoms with Crippen LogP contribution in [0.2, 0.25) is 0 Å². The third-order valence-corrected chi connectivity index (χ3v) is 4.70. The van der Waals surface area contributed by atoms with Crippen LogP contribution in [-0.2, 0) is 21.1 Å². The number of hydrogen-bond donors (Lipinski definition) is 2. The molecule has 1 aromatic carbocycles. The number of aliphatic carboxylic acids is 1. The van der Waals surface area contributed by atoms with Crippen LogP contribution < -0.4 is 5.32 Å². The number of sulfone groups is 1. The van der Waals surface area contributed by atoms with E-state index in [0.717, 1.165) is 6.26 Å². The molecule has 0 aliphatic carbocycles. The number of carbonyl (C=O) groups is 2. The fraction of sp³-hybridized carbons (Fsp3) is 0.500. The Labute approximate surface area is 136 Å². The van der Waals surface area contributed by atoms with E-state index in [1.807, 2.05) is 6.92 Å². The number of aryl methyl sites for hydroxylation is 1. The molecule has 0 aliphatic rings. The van der Waals surface area contributed by atoms with E-state index in [1.165, 1.54) is 6.07 Å². The highest BCUT2D eigenvalue weighted by Gasteiger charge is 2.23. The summed E-state index contributed by atoms with van der Waals surface area (Å²) in [7, 11) is -3.42. The normalized spacial score (nSPS) is 12.0. The number of carboxylic acid groups (broad SMARTS) is 1. The molecular weight excluding hydrogens is 318 g/mol.